The quantitative estimate of drug-likeness (QED) is 0.433. The lowest BCUT2D eigenvalue weighted by atomic mass is 9.89. The number of piperidine rings is 1. The third kappa shape index (κ3) is 3.96. The Morgan fingerprint density at radius 2 is 1.77 bits per heavy atom. The summed E-state index contributed by atoms with van der Waals surface area (Å²) in [5.41, 5.74) is 4.56. The number of rotatable bonds is 5. The number of anilines is 1. The highest BCUT2D eigenvalue weighted by molar-refractivity contribution is 5.84. The number of hydrogen-bond donors (Lipinski definition) is 1. The molecule has 1 saturated heterocycles. The molecule has 5 heteroatoms. The van der Waals surface area contributed by atoms with Crippen molar-refractivity contribution in [2.75, 3.05) is 18.0 Å². The number of aromatic nitrogens is 2. The van der Waals surface area contributed by atoms with Gasteiger partial charge in [0.25, 0.3) is 0 Å². The Labute approximate surface area is 181 Å². The van der Waals surface area contributed by atoms with Crippen molar-refractivity contribution in [1.82, 2.24) is 9.55 Å². The molecule has 31 heavy (non-hydrogen) atoms. The highest BCUT2D eigenvalue weighted by Gasteiger charge is 2.24. The number of para-hydroxylation sites is 1. The van der Waals surface area contributed by atoms with Crippen molar-refractivity contribution >= 4 is 22.9 Å². The van der Waals surface area contributed by atoms with Crippen molar-refractivity contribution < 1.29 is 4.39 Å². The monoisotopic (exact) mass is 412 g/mol. The summed E-state index contributed by atoms with van der Waals surface area (Å²) in [6, 6.07) is 19.3. The Morgan fingerprint density at radius 1 is 1.00 bits per heavy atom. The zero-order valence-corrected chi connectivity index (χ0v) is 17.3. The highest BCUT2D eigenvalue weighted by atomic mass is 19.1. The van der Waals surface area contributed by atoms with E-state index in [0.29, 0.717) is 5.92 Å². The van der Waals surface area contributed by atoms with Crippen molar-refractivity contribution in [1.29, 1.82) is 5.41 Å². The summed E-state index contributed by atoms with van der Waals surface area (Å²) in [6.45, 7) is 2.68. The molecule has 1 fully saturated rings. The van der Waals surface area contributed by atoms with Gasteiger partial charge in [0.05, 0.1) is 0 Å². The molecule has 3 heterocycles. The van der Waals surface area contributed by atoms with E-state index in [-0.39, 0.29) is 5.82 Å². The second-order valence-electron chi connectivity index (χ2n) is 8.21. The average molecular weight is 413 g/mol. The molecule has 0 bridgehead atoms. The van der Waals surface area contributed by atoms with E-state index >= 15 is 0 Å². The molecule has 5 rings (SSSR count). The zero-order chi connectivity index (χ0) is 21.2. The van der Waals surface area contributed by atoms with E-state index in [1.54, 1.807) is 6.20 Å². The van der Waals surface area contributed by atoms with E-state index in [4.69, 9.17) is 5.41 Å². The maximum atomic E-state index is 13.3. The van der Waals surface area contributed by atoms with Gasteiger partial charge < -0.3 is 14.9 Å². The number of benzene rings is 2. The first-order valence-electron chi connectivity index (χ1n) is 10.7. The zero-order valence-electron chi connectivity index (χ0n) is 17.3. The van der Waals surface area contributed by atoms with Crippen LogP contribution in [-0.4, -0.2) is 28.9 Å². The summed E-state index contributed by atoms with van der Waals surface area (Å²) in [6.07, 6.45) is 7.55. The molecule has 2 aromatic heterocycles. The summed E-state index contributed by atoms with van der Waals surface area (Å²) < 4.78 is 15.6. The van der Waals surface area contributed by atoms with Crippen molar-refractivity contribution in [2.45, 2.75) is 25.3 Å². The predicted molar refractivity (Wildman–Crippen MR) is 124 cm³/mol. The molecular formula is C26H25FN4. The van der Waals surface area contributed by atoms with Gasteiger partial charge in [-0.25, -0.2) is 9.37 Å². The molecule has 156 valence electrons. The number of halogens is 1. The molecular weight excluding hydrogens is 387 g/mol. The Kier molecular flexibility index (Phi) is 5.24. The normalized spacial score (nSPS) is 14.8. The molecule has 1 N–H and O–H groups in total. The van der Waals surface area contributed by atoms with Gasteiger partial charge in [0.15, 0.2) is 0 Å². The average Bonchev–Trinajstić information content (AvgIpc) is 3.19. The second-order valence-corrected chi connectivity index (χ2v) is 8.21. The van der Waals surface area contributed by atoms with Crippen LogP contribution in [0.15, 0.2) is 73.1 Å². The molecule has 2 aromatic carbocycles. The van der Waals surface area contributed by atoms with Crippen LogP contribution in [0.5, 0.6) is 0 Å². The van der Waals surface area contributed by atoms with Gasteiger partial charge in [-0.3, -0.25) is 0 Å². The van der Waals surface area contributed by atoms with Crippen LogP contribution in [0.4, 0.5) is 10.2 Å². The van der Waals surface area contributed by atoms with Crippen molar-refractivity contribution in [3.63, 3.8) is 0 Å². The van der Waals surface area contributed by atoms with E-state index in [1.807, 2.05) is 24.3 Å². The largest absolute Gasteiger partial charge is 0.357 e. The fraction of sp³-hybridized carbons (Fsp3) is 0.231. The first kappa shape index (κ1) is 19.5. The molecule has 1 aliphatic rings. The van der Waals surface area contributed by atoms with E-state index in [1.165, 1.54) is 34.8 Å². The van der Waals surface area contributed by atoms with Gasteiger partial charge in [-0.15, -0.1) is 0 Å². The van der Waals surface area contributed by atoms with E-state index in [2.05, 4.69) is 44.9 Å². The van der Waals surface area contributed by atoms with Crippen LogP contribution >= 0.6 is 0 Å². The maximum Gasteiger partial charge on any atom is 0.128 e. The van der Waals surface area contributed by atoms with Gasteiger partial charge in [-0.1, -0.05) is 30.3 Å². The van der Waals surface area contributed by atoms with Crippen molar-refractivity contribution in [2.24, 2.45) is 0 Å². The minimum absolute atomic E-state index is 0.199. The minimum Gasteiger partial charge on any atom is -0.357 e. The van der Waals surface area contributed by atoms with Crippen LogP contribution in [0, 0.1) is 11.2 Å². The Hall–Kier alpha value is -3.47. The summed E-state index contributed by atoms with van der Waals surface area (Å²) >= 11 is 0. The molecule has 0 radical (unpaired) electrons. The standard InChI is InChI=1S/C26H25FN4/c27-22-8-5-19(6-9-22)17-31-18-24(23-3-1-2-4-25(23)31)21-11-13-30(14-12-21)26-10-7-20(15-28)16-29-26/h1-10,15-16,18,21,28H,11-14,17H2. The summed E-state index contributed by atoms with van der Waals surface area (Å²) in [7, 11) is 0. The van der Waals surface area contributed by atoms with Crippen molar-refractivity contribution in [3.05, 3.63) is 95.6 Å². The van der Waals surface area contributed by atoms with E-state index in [9.17, 15) is 4.39 Å². The number of nitrogens with zero attached hydrogens (tertiary/aromatic N) is 3. The molecule has 0 atom stereocenters. The molecule has 0 unspecified atom stereocenters. The third-order valence-electron chi connectivity index (χ3n) is 6.28. The smallest absolute Gasteiger partial charge is 0.128 e. The molecule has 4 nitrogen and oxygen atoms in total. The summed E-state index contributed by atoms with van der Waals surface area (Å²) in [5.74, 6) is 1.30. The number of pyridine rings is 1. The van der Waals surface area contributed by atoms with Crippen LogP contribution < -0.4 is 4.90 Å². The van der Waals surface area contributed by atoms with Crippen LogP contribution in [0.25, 0.3) is 10.9 Å². The third-order valence-corrected chi connectivity index (χ3v) is 6.28. The van der Waals surface area contributed by atoms with Gasteiger partial charge >= 0.3 is 0 Å². The van der Waals surface area contributed by atoms with Crippen molar-refractivity contribution in [3.8, 4) is 0 Å². The van der Waals surface area contributed by atoms with Crippen LogP contribution in [0.3, 0.4) is 0 Å². The Balaban J connectivity index is 1.36. The number of hydrogen-bond acceptors (Lipinski definition) is 3. The molecule has 0 spiro atoms. The van der Waals surface area contributed by atoms with Gasteiger partial charge in [0, 0.05) is 54.7 Å². The lowest BCUT2D eigenvalue weighted by molar-refractivity contribution is 0.504. The molecule has 0 amide bonds. The number of nitrogens with one attached hydrogen (secondary N) is 1. The topological polar surface area (TPSA) is 44.9 Å². The van der Waals surface area contributed by atoms with Gasteiger partial charge in [0.2, 0.25) is 0 Å². The molecule has 1 aliphatic heterocycles. The molecule has 4 aromatic rings. The summed E-state index contributed by atoms with van der Waals surface area (Å²) in [5, 5.41) is 8.65. The lowest BCUT2D eigenvalue weighted by Gasteiger charge is -2.32. The summed E-state index contributed by atoms with van der Waals surface area (Å²) in [4.78, 5) is 6.86. The van der Waals surface area contributed by atoms with Crippen LogP contribution in [-0.2, 0) is 6.54 Å². The highest BCUT2D eigenvalue weighted by Crippen LogP contribution is 2.35. The lowest BCUT2D eigenvalue weighted by Crippen LogP contribution is -2.33. The van der Waals surface area contributed by atoms with Crippen LogP contribution in [0.2, 0.25) is 0 Å². The fourth-order valence-corrected chi connectivity index (χ4v) is 4.61. The SMILES string of the molecule is N=Cc1ccc(N2CCC(c3cn(Cc4ccc(F)cc4)c4ccccc34)CC2)nc1. The van der Waals surface area contributed by atoms with Gasteiger partial charge in [-0.2, -0.15) is 0 Å². The van der Waals surface area contributed by atoms with Crippen LogP contribution in [0.1, 0.15) is 35.4 Å². The van der Waals surface area contributed by atoms with E-state index in [0.717, 1.165) is 49.4 Å². The fourth-order valence-electron chi connectivity index (χ4n) is 4.61. The first-order valence-corrected chi connectivity index (χ1v) is 10.7. The van der Waals surface area contributed by atoms with Gasteiger partial charge in [-0.05, 0) is 60.2 Å². The minimum atomic E-state index is -0.199. The first-order chi connectivity index (χ1) is 15.2. The van der Waals surface area contributed by atoms with E-state index < -0.39 is 0 Å². The molecule has 0 aliphatic carbocycles. The Bertz CT molecular complexity index is 1190. The predicted octanol–water partition coefficient (Wildman–Crippen LogP) is 5.61. The second kappa shape index (κ2) is 8.34. The van der Waals surface area contributed by atoms with Gasteiger partial charge in [0.1, 0.15) is 11.6 Å². The Morgan fingerprint density at radius 3 is 2.48 bits per heavy atom. The maximum absolute atomic E-state index is 13.3. The number of fused-ring (bicyclic) bond motifs is 1. The molecule has 0 saturated carbocycles.